The lowest BCUT2D eigenvalue weighted by atomic mass is 9.57. The lowest BCUT2D eigenvalue weighted by Gasteiger charge is -2.48. The number of benzene rings is 8. The molecule has 9 aromatic rings. The van der Waals surface area contributed by atoms with Crippen LogP contribution in [-0.4, -0.2) is 5.84 Å². The zero-order valence-corrected chi connectivity index (χ0v) is 40.8. The summed E-state index contributed by atoms with van der Waals surface area (Å²) in [5.74, 6) is 3.07. The Morgan fingerprint density at radius 1 is 0.592 bits per heavy atom. The van der Waals surface area contributed by atoms with E-state index < -0.39 is 0 Å². The first kappa shape index (κ1) is 42.7. The SMILES string of the molecule is C1=CC2=CC(C3(c4ccc5ccccc5c4)c4ccccc4Sc4ccc(-c5ccc(C6=NC(c7ccccc7)CC(c7ccc(-c8cccc9c%10c(oc89)CCCC%10)cc7)N6)cc5)cc43)CCC2CC1. The molecule has 0 bridgehead atoms. The molecular weight excluding hydrogens is 881 g/mol. The summed E-state index contributed by atoms with van der Waals surface area (Å²) in [4.78, 5) is 8.15. The van der Waals surface area contributed by atoms with Gasteiger partial charge in [-0.15, -0.1) is 0 Å². The Morgan fingerprint density at radius 3 is 2.27 bits per heavy atom. The Bertz CT molecular complexity index is 3600. The lowest BCUT2D eigenvalue weighted by molar-refractivity contribution is 0.339. The van der Waals surface area contributed by atoms with Gasteiger partial charge >= 0.3 is 0 Å². The summed E-state index contributed by atoms with van der Waals surface area (Å²) >= 11 is 1.93. The number of amidine groups is 1. The molecule has 0 saturated heterocycles. The molecule has 0 amide bonds. The van der Waals surface area contributed by atoms with Gasteiger partial charge in [0.25, 0.3) is 0 Å². The van der Waals surface area contributed by atoms with Crippen LogP contribution in [0.1, 0.15) is 102 Å². The second-order valence-corrected chi connectivity index (χ2v) is 21.7. The van der Waals surface area contributed by atoms with E-state index in [2.05, 4.69) is 206 Å². The average Bonchev–Trinajstić information content (AvgIpc) is 3.83. The minimum Gasteiger partial charge on any atom is -0.460 e. The van der Waals surface area contributed by atoms with Crippen molar-refractivity contribution in [1.82, 2.24) is 5.32 Å². The van der Waals surface area contributed by atoms with Crippen molar-refractivity contribution in [2.75, 3.05) is 0 Å². The topological polar surface area (TPSA) is 37.5 Å². The third-order valence-corrected chi connectivity index (χ3v) is 17.9. The Hall–Kier alpha value is -7.14. The van der Waals surface area contributed by atoms with Gasteiger partial charge in [-0.25, -0.2) is 0 Å². The van der Waals surface area contributed by atoms with E-state index in [0.29, 0.717) is 11.8 Å². The summed E-state index contributed by atoms with van der Waals surface area (Å²) in [6.45, 7) is 0. The smallest absolute Gasteiger partial charge is 0.142 e. The number of furan rings is 1. The van der Waals surface area contributed by atoms with Gasteiger partial charge in [-0.2, -0.15) is 0 Å². The van der Waals surface area contributed by atoms with Crippen LogP contribution >= 0.6 is 11.8 Å². The number of rotatable bonds is 7. The largest absolute Gasteiger partial charge is 0.460 e. The van der Waals surface area contributed by atoms with Crippen molar-refractivity contribution in [3.8, 4) is 22.3 Å². The molecule has 71 heavy (non-hydrogen) atoms. The fourth-order valence-corrected chi connectivity index (χ4v) is 14.3. The molecule has 346 valence electrons. The molecule has 0 radical (unpaired) electrons. The number of hydrogen-bond acceptors (Lipinski definition) is 4. The normalized spacial score (nSPS) is 22.4. The third-order valence-electron chi connectivity index (χ3n) is 16.7. The Kier molecular flexibility index (Phi) is 10.6. The van der Waals surface area contributed by atoms with E-state index in [1.54, 1.807) is 0 Å². The third kappa shape index (κ3) is 7.36. The van der Waals surface area contributed by atoms with Crippen LogP contribution in [0.3, 0.4) is 0 Å². The van der Waals surface area contributed by atoms with Gasteiger partial charge in [-0.3, -0.25) is 4.99 Å². The van der Waals surface area contributed by atoms with Crippen molar-refractivity contribution >= 4 is 39.3 Å². The minimum absolute atomic E-state index is 0.0263. The molecule has 3 heterocycles. The van der Waals surface area contributed by atoms with Crippen LogP contribution < -0.4 is 5.32 Å². The zero-order chi connectivity index (χ0) is 46.9. The molecule has 0 fully saturated rings. The number of aliphatic imine (C=N–C) groups is 1. The van der Waals surface area contributed by atoms with E-state index in [0.717, 1.165) is 42.7 Å². The van der Waals surface area contributed by atoms with Crippen molar-refractivity contribution in [2.45, 2.75) is 85.1 Å². The van der Waals surface area contributed by atoms with Gasteiger partial charge in [-0.05, 0) is 148 Å². The highest BCUT2D eigenvalue weighted by molar-refractivity contribution is 7.99. The van der Waals surface area contributed by atoms with Gasteiger partial charge in [0, 0.05) is 38.3 Å². The summed E-state index contributed by atoms with van der Waals surface area (Å²) in [7, 11) is 0. The monoisotopic (exact) mass is 936 g/mol. The molecule has 1 N–H and O–H groups in total. The first-order valence-electron chi connectivity index (χ1n) is 26.1. The van der Waals surface area contributed by atoms with E-state index >= 15 is 0 Å². The van der Waals surface area contributed by atoms with Gasteiger partial charge in [0.15, 0.2) is 0 Å². The highest BCUT2D eigenvalue weighted by Gasteiger charge is 2.49. The van der Waals surface area contributed by atoms with Crippen LogP contribution in [0.4, 0.5) is 0 Å². The van der Waals surface area contributed by atoms with Crippen molar-refractivity contribution in [1.29, 1.82) is 0 Å². The van der Waals surface area contributed by atoms with Crippen LogP contribution in [-0.2, 0) is 18.3 Å². The summed E-state index contributed by atoms with van der Waals surface area (Å²) < 4.78 is 6.57. The van der Waals surface area contributed by atoms with Crippen LogP contribution in [0.15, 0.2) is 225 Å². The zero-order valence-electron chi connectivity index (χ0n) is 40.0. The maximum absolute atomic E-state index is 6.57. The molecule has 2 aliphatic heterocycles. The quantitative estimate of drug-likeness (QED) is 0.173. The Morgan fingerprint density at radius 2 is 1.37 bits per heavy atom. The summed E-state index contributed by atoms with van der Waals surface area (Å²) in [6, 6.07) is 68.7. The van der Waals surface area contributed by atoms with E-state index in [1.807, 2.05) is 11.8 Å². The number of hydrogen-bond donors (Lipinski definition) is 1. The minimum atomic E-state index is -0.369. The number of aryl methyl sites for hydroxylation is 2. The fraction of sp³-hybridized carbons (Fsp3) is 0.209. The average molecular weight is 937 g/mol. The molecule has 5 unspecified atom stereocenters. The van der Waals surface area contributed by atoms with Crippen molar-refractivity contribution in [2.24, 2.45) is 16.8 Å². The molecule has 5 aliphatic rings. The van der Waals surface area contributed by atoms with Crippen molar-refractivity contribution in [3.05, 3.63) is 250 Å². The maximum atomic E-state index is 6.57. The first-order chi connectivity index (χ1) is 35.1. The summed E-state index contributed by atoms with van der Waals surface area (Å²) in [5.41, 5.74) is 16.2. The van der Waals surface area contributed by atoms with Crippen molar-refractivity contribution in [3.63, 3.8) is 0 Å². The molecule has 4 heteroatoms. The molecule has 8 aromatic carbocycles. The molecule has 3 nitrogen and oxygen atoms in total. The number of para-hydroxylation sites is 1. The fourth-order valence-electron chi connectivity index (χ4n) is 13.2. The maximum Gasteiger partial charge on any atom is 0.142 e. The molecule has 0 spiro atoms. The molecule has 3 aliphatic carbocycles. The van der Waals surface area contributed by atoms with Crippen LogP contribution in [0.25, 0.3) is 44.0 Å². The Labute approximate surface area is 421 Å². The molecule has 1 aromatic heterocycles. The summed E-state index contributed by atoms with van der Waals surface area (Å²) in [5, 5.41) is 7.79. The van der Waals surface area contributed by atoms with E-state index in [1.165, 1.54) is 125 Å². The predicted molar refractivity (Wildman–Crippen MR) is 293 cm³/mol. The highest BCUT2D eigenvalue weighted by Crippen LogP contribution is 2.59. The standard InChI is InChI=1S/C67H56N2OS/c1-2-15-47(16-3-1)60-42-61(48-29-27-46(28-30-48)55-20-12-21-57-56-19-8-10-23-62(56)70-65(55)57)69-66(68-60)49-31-25-45(26-32-49)52-35-38-64-59(41-52)67(58-22-9-11-24-63(58)71-64,53-36-33-43-13-4-6-17-50(43)39-53)54-37-34-44-14-5-7-18-51(44)40-54/h1-4,6-7,9,11-13,15-18,20-22,24-33,35-36,38-41,44,54,60-61H,5,8,10,14,19,23,34,37,42H2,(H,68,69). The summed E-state index contributed by atoms with van der Waals surface area (Å²) in [6.07, 6.45) is 17.8. The predicted octanol–water partition coefficient (Wildman–Crippen LogP) is 17.1. The second-order valence-electron chi connectivity index (χ2n) is 20.6. The molecule has 5 atom stereocenters. The number of nitrogens with one attached hydrogen (secondary N) is 1. The van der Waals surface area contributed by atoms with Crippen LogP contribution in [0.5, 0.6) is 0 Å². The Balaban J connectivity index is 0.828. The van der Waals surface area contributed by atoms with Gasteiger partial charge in [0.2, 0.25) is 0 Å². The van der Waals surface area contributed by atoms with Gasteiger partial charge < -0.3 is 9.73 Å². The highest BCUT2D eigenvalue weighted by atomic mass is 32.2. The van der Waals surface area contributed by atoms with Gasteiger partial charge in [-0.1, -0.05) is 188 Å². The van der Waals surface area contributed by atoms with E-state index in [4.69, 9.17) is 9.41 Å². The van der Waals surface area contributed by atoms with Crippen LogP contribution in [0.2, 0.25) is 0 Å². The van der Waals surface area contributed by atoms with Crippen LogP contribution in [0, 0.1) is 11.8 Å². The molecule has 14 rings (SSSR count). The van der Waals surface area contributed by atoms with Gasteiger partial charge in [0.05, 0.1) is 17.5 Å². The lowest BCUT2D eigenvalue weighted by Crippen LogP contribution is -2.41. The van der Waals surface area contributed by atoms with Gasteiger partial charge in [0.1, 0.15) is 17.2 Å². The number of fused-ring (bicyclic) bond motifs is 7. The number of nitrogens with zero attached hydrogens (tertiary/aromatic N) is 1. The number of allylic oxidation sites excluding steroid dienone is 4. The van der Waals surface area contributed by atoms with Crippen molar-refractivity contribution < 1.29 is 4.42 Å². The second kappa shape index (κ2) is 17.6. The van der Waals surface area contributed by atoms with E-state index in [9.17, 15) is 0 Å². The van der Waals surface area contributed by atoms with E-state index in [-0.39, 0.29) is 17.5 Å². The molecule has 0 saturated carbocycles. The first-order valence-corrected chi connectivity index (χ1v) is 26.9. The molecular formula is C67H56N2OS.